The molecule has 1 aromatic carbocycles. The number of terminal acetylenes is 1. The van der Waals surface area contributed by atoms with E-state index in [0.717, 1.165) is 24.3 Å². The third kappa shape index (κ3) is 14.9. The van der Waals surface area contributed by atoms with Gasteiger partial charge in [0.1, 0.15) is 0 Å². The number of likely N-dealkylation sites (tertiary alicyclic amines) is 1. The summed E-state index contributed by atoms with van der Waals surface area (Å²) in [4.78, 5) is 11.1. The molecule has 1 aromatic rings. The Kier molecular flexibility index (Phi) is 12.9. The summed E-state index contributed by atoms with van der Waals surface area (Å²) < 4.78 is 106. The molecule has 0 aromatic heterocycles. The monoisotopic (exact) mass is 531 g/mol. The number of methoxy groups -OCH3 is 1. The summed E-state index contributed by atoms with van der Waals surface area (Å²) in [5, 5.41) is 0. The summed E-state index contributed by atoms with van der Waals surface area (Å²) in [5.41, 5.74) is -0.582. The van der Waals surface area contributed by atoms with E-state index >= 15 is 0 Å². The molecule has 1 aliphatic rings. The van der Waals surface area contributed by atoms with Gasteiger partial charge in [0.05, 0.1) is 12.7 Å². The Morgan fingerprint density at radius 2 is 1.58 bits per heavy atom. The third-order valence-corrected chi connectivity index (χ3v) is 4.95. The van der Waals surface area contributed by atoms with E-state index in [-0.39, 0.29) is 36.5 Å². The van der Waals surface area contributed by atoms with Crippen molar-refractivity contribution in [1.29, 1.82) is 0 Å². The maximum Gasteiger partial charge on any atom is 0.416 e. The average molecular weight is 532 g/mol. The summed E-state index contributed by atoms with van der Waals surface area (Å²) >= 11 is 0. The van der Waals surface area contributed by atoms with E-state index < -0.39 is 49.1 Å². The molecule has 1 saturated heterocycles. The minimum Gasteiger partial charge on any atom is -0.469 e. The minimum absolute atomic E-state index is 0.0404. The van der Waals surface area contributed by atoms with Crippen molar-refractivity contribution in [2.45, 2.75) is 77.7 Å². The van der Waals surface area contributed by atoms with Crippen LogP contribution in [-0.2, 0) is 15.7 Å². The Morgan fingerprint density at radius 1 is 1.11 bits per heavy atom. The van der Waals surface area contributed by atoms with Crippen LogP contribution in [0.4, 0.5) is 35.1 Å². The van der Waals surface area contributed by atoms with Gasteiger partial charge in [-0.05, 0) is 51.4 Å². The van der Waals surface area contributed by atoms with Crippen molar-refractivity contribution in [1.82, 2.24) is 4.90 Å². The van der Waals surface area contributed by atoms with Gasteiger partial charge < -0.3 is 4.74 Å². The average Bonchev–Trinajstić information content (AvgIpc) is 2.73. The number of piperidine rings is 1. The Morgan fingerprint density at radius 3 is 1.94 bits per heavy atom. The number of alkyl halides is 8. The van der Waals surface area contributed by atoms with Crippen LogP contribution < -0.4 is 0 Å². The number of hydrogen-bond acceptors (Lipinski definition) is 3. The van der Waals surface area contributed by atoms with Gasteiger partial charge >= 0.3 is 18.3 Å². The molecule has 1 heterocycles. The van der Waals surface area contributed by atoms with Crippen LogP contribution in [0.2, 0.25) is 0 Å². The lowest BCUT2D eigenvalue weighted by atomic mass is 9.91. The van der Waals surface area contributed by atoms with Gasteiger partial charge in [0.15, 0.2) is 0 Å². The third-order valence-electron chi connectivity index (χ3n) is 4.95. The number of nitrogens with zero attached hydrogens (tertiary/aromatic N) is 1. The van der Waals surface area contributed by atoms with Crippen LogP contribution in [0.1, 0.15) is 70.5 Å². The number of ether oxygens (including phenoxy) is 1. The standard InChI is InChI=1S/C16H17F8N.C6H10.C3H6O2/c17-14(18)7-9-25(8-1-6-15(19,20)21)13(10-14)11-2-4-12(5-3-11)16(22,23)24;1-5-6(2,3)4;1-3(4)5-2/h2-5,13H,1,6-10H2;1H,2-4H3;1-2H3. The number of carbonyl (C=O) groups is 1. The number of benzene rings is 1. The highest BCUT2D eigenvalue weighted by Crippen LogP contribution is 2.41. The quantitative estimate of drug-likeness (QED) is 0.227. The summed E-state index contributed by atoms with van der Waals surface area (Å²) in [7, 11) is 1.35. The fourth-order valence-corrected chi connectivity index (χ4v) is 2.95. The normalized spacial score (nSPS) is 18.1. The van der Waals surface area contributed by atoms with Gasteiger partial charge in [0, 0.05) is 44.2 Å². The lowest BCUT2D eigenvalue weighted by molar-refractivity contribution is -0.138. The zero-order chi connectivity index (χ0) is 28.4. The Bertz CT molecular complexity index is 834. The molecule has 1 atom stereocenters. The molecule has 1 aliphatic heterocycles. The Hall–Kier alpha value is -2.35. The topological polar surface area (TPSA) is 29.5 Å². The largest absolute Gasteiger partial charge is 0.469 e. The highest BCUT2D eigenvalue weighted by atomic mass is 19.4. The van der Waals surface area contributed by atoms with Gasteiger partial charge in [0.25, 0.3) is 5.92 Å². The predicted octanol–water partition coefficient (Wildman–Crippen LogP) is 7.67. The second-order valence-corrected chi connectivity index (χ2v) is 9.29. The Balaban J connectivity index is 0.000000931. The molecule has 0 amide bonds. The molecule has 1 unspecified atom stereocenters. The molecule has 206 valence electrons. The zero-order valence-electron chi connectivity index (χ0n) is 21.0. The predicted molar refractivity (Wildman–Crippen MR) is 121 cm³/mol. The zero-order valence-corrected chi connectivity index (χ0v) is 21.0. The van der Waals surface area contributed by atoms with Gasteiger partial charge in [-0.2, -0.15) is 26.3 Å². The first kappa shape index (κ1) is 33.7. The summed E-state index contributed by atoms with van der Waals surface area (Å²) in [6.45, 7) is 7.24. The molecule has 11 heteroatoms. The van der Waals surface area contributed by atoms with Crippen LogP contribution in [-0.4, -0.2) is 43.2 Å². The van der Waals surface area contributed by atoms with Crippen molar-refractivity contribution >= 4 is 5.97 Å². The van der Waals surface area contributed by atoms with Crippen LogP contribution in [0.25, 0.3) is 0 Å². The van der Waals surface area contributed by atoms with Crippen LogP contribution in [0.15, 0.2) is 24.3 Å². The number of carbonyl (C=O) groups excluding carboxylic acids is 1. The molecule has 2 rings (SSSR count). The molecule has 0 N–H and O–H groups in total. The smallest absolute Gasteiger partial charge is 0.416 e. The maximum absolute atomic E-state index is 13.7. The number of hydrogen-bond donors (Lipinski definition) is 0. The highest BCUT2D eigenvalue weighted by molar-refractivity contribution is 5.65. The summed E-state index contributed by atoms with van der Waals surface area (Å²) in [5.74, 6) is -0.633. The molecule has 3 nitrogen and oxygen atoms in total. The molecule has 0 radical (unpaired) electrons. The van der Waals surface area contributed by atoms with Crippen molar-refractivity contribution in [3.8, 4) is 12.3 Å². The first-order chi connectivity index (χ1) is 16.2. The van der Waals surface area contributed by atoms with Crippen molar-refractivity contribution < 1.29 is 44.7 Å². The van der Waals surface area contributed by atoms with Gasteiger partial charge in [-0.1, -0.05) is 12.1 Å². The fourth-order valence-electron chi connectivity index (χ4n) is 2.95. The van der Waals surface area contributed by atoms with Crippen LogP contribution >= 0.6 is 0 Å². The summed E-state index contributed by atoms with van der Waals surface area (Å²) in [6.07, 6.45) is -6.18. The first-order valence-electron chi connectivity index (χ1n) is 11.1. The van der Waals surface area contributed by atoms with E-state index in [1.54, 1.807) is 0 Å². The van der Waals surface area contributed by atoms with E-state index in [2.05, 4.69) is 10.7 Å². The second kappa shape index (κ2) is 13.8. The maximum atomic E-state index is 13.7. The number of rotatable bonds is 4. The lowest BCUT2D eigenvalue weighted by Gasteiger charge is -2.39. The van der Waals surface area contributed by atoms with Crippen molar-refractivity contribution in [2.75, 3.05) is 20.2 Å². The number of esters is 1. The minimum atomic E-state index is -4.54. The van der Waals surface area contributed by atoms with E-state index in [0.29, 0.717) is 0 Å². The SMILES string of the molecule is C#CC(C)(C)C.COC(C)=O.FC(F)(F)CCCN1CCC(F)(F)CC1c1ccc(C(F)(F)F)cc1. The van der Waals surface area contributed by atoms with Crippen molar-refractivity contribution in [3.63, 3.8) is 0 Å². The molecular formula is C25H33F8NO2. The van der Waals surface area contributed by atoms with Crippen LogP contribution in [0, 0.1) is 17.8 Å². The van der Waals surface area contributed by atoms with E-state index in [1.807, 2.05) is 20.8 Å². The summed E-state index contributed by atoms with van der Waals surface area (Å²) in [6, 6.07) is 2.93. The van der Waals surface area contributed by atoms with Crippen molar-refractivity contribution in [2.24, 2.45) is 5.41 Å². The molecule has 0 aliphatic carbocycles. The van der Waals surface area contributed by atoms with Crippen LogP contribution in [0.3, 0.4) is 0 Å². The first-order valence-corrected chi connectivity index (χ1v) is 11.1. The molecule has 1 fully saturated rings. The van der Waals surface area contributed by atoms with E-state index in [9.17, 15) is 39.9 Å². The molecule has 36 heavy (non-hydrogen) atoms. The fraction of sp³-hybridized carbons (Fsp3) is 0.640. The van der Waals surface area contributed by atoms with Crippen LogP contribution in [0.5, 0.6) is 0 Å². The second-order valence-electron chi connectivity index (χ2n) is 9.29. The highest BCUT2D eigenvalue weighted by Gasteiger charge is 2.41. The molecule has 0 saturated carbocycles. The van der Waals surface area contributed by atoms with E-state index in [4.69, 9.17) is 6.42 Å². The van der Waals surface area contributed by atoms with E-state index in [1.165, 1.54) is 18.9 Å². The lowest BCUT2D eigenvalue weighted by Crippen LogP contribution is -2.42. The Labute approximate surface area is 207 Å². The molecule has 0 bridgehead atoms. The van der Waals surface area contributed by atoms with Gasteiger partial charge in [-0.3, -0.25) is 9.69 Å². The van der Waals surface area contributed by atoms with Gasteiger partial charge in [-0.15, -0.1) is 12.3 Å². The molecular weight excluding hydrogens is 498 g/mol. The van der Waals surface area contributed by atoms with Gasteiger partial charge in [-0.25, -0.2) is 8.78 Å². The van der Waals surface area contributed by atoms with Crippen molar-refractivity contribution in [3.05, 3.63) is 35.4 Å². The van der Waals surface area contributed by atoms with Gasteiger partial charge in [0.2, 0.25) is 0 Å². The number of halogens is 8. The molecule has 0 spiro atoms.